The molecule has 0 saturated heterocycles. The van der Waals surface area contributed by atoms with Crippen molar-refractivity contribution in [2.24, 2.45) is 0 Å². The lowest BCUT2D eigenvalue weighted by Gasteiger charge is -2.15. The molecular weight excluding hydrogens is 402 g/mol. The number of carbonyl (C=O) groups is 1. The molecule has 4 rings (SSSR count). The summed E-state index contributed by atoms with van der Waals surface area (Å²) in [5.41, 5.74) is 2.04. The summed E-state index contributed by atoms with van der Waals surface area (Å²) < 4.78 is 6.93. The predicted octanol–water partition coefficient (Wildman–Crippen LogP) is 4.38. The van der Waals surface area contributed by atoms with Crippen LogP contribution in [0.1, 0.15) is 47.0 Å². The highest BCUT2D eigenvalue weighted by Crippen LogP contribution is 2.21. The van der Waals surface area contributed by atoms with Gasteiger partial charge in [0.25, 0.3) is 5.91 Å². The summed E-state index contributed by atoms with van der Waals surface area (Å²) in [6, 6.07) is 16.3. The zero-order valence-electron chi connectivity index (χ0n) is 16.3. The molecule has 0 spiro atoms. The molecule has 8 heteroatoms. The Morgan fingerprint density at radius 1 is 1.20 bits per heavy atom. The number of aryl methyl sites for hydroxylation is 1. The maximum atomic E-state index is 13.0. The van der Waals surface area contributed by atoms with E-state index in [9.17, 15) is 4.79 Å². The molecule has 0 radical (unpaired) electrons. The monoisotopic (exact) mass is 421 g/mol. The summed E-state index contributed by atoms with van der Waals surface area (Å²) in [6.07, 6.45) is 4.75. The number of rotatable bonds is 7. The Morgan fingerprint density at radius 3 is 2.80 bits per heavy atom. The lowest BCUT2D eigenvalue weighted by Crippen LogP contribution is -2.30. The number of carbonyl (C=O) groups excluding carboxylic acids is 1. The minimum atomic E-state index is -0.539. The summed E-state index contributed by atoms with van der Waals surface area (Å²) in [6.45, 7) is 2.04. The summed E-state index contributed by atoms with van der Waals surface area (Å²) in [5, 5.41) is 12.0. The van der Waals surface area contributed by atoms with Crippen molar-refractivity contribution in [2.45, 2.75) is 25.8 Å². The van der Waals surface area contributed by atoms with Crippen LogP contribution in [0.5, 0.6) is 0 Å². The van der Waals surface area contributed by atoms with Crippen LogP contribution in [0.4, 0.5) is 0 Å². The molecule has 2 aromatic carbocycles. The second-order valence-corrected chi connectivity index (χ2v) is 7.20. The van der Waals surface area contributed by atoms with Gasteiger partial charge in [-0.1, -0.05) is 60.1 Å². The lowest BCUT2D eigenvalue weighted by atomic mass is 10.1. The molecule has 1 amide bonds. The van der Waals surface area contributed by atoms with Gasteiger partial charge in [-0.25, -0.2) is 4.68 Å². The molecule has 4 aromatic rings. The van der Waals surface area contributed by atoms with E-state index in [1.54, 1.807) is 23.0 Å². The summed E-state index contributed by atoms with van der Waals surface area (Å²) in [5.74, 6) is 0.677. The van der Waals surface area contributed by atoms with Crippen LogP contribution in [0.25, 0.3) is 5.69 Å². The van der Waals surface area contributed by atoms with Crippen molar-refractivity contribution in [2.75, 3.05) is 0 Å². The van der Waals surface area contributed by atoms with Crippen LogP contribution in [0.15, 0.2) is 71.5 Å². The standard InChI is InChI=1S/C22H20ClN5O2/c1-2-7-19-25-21(27-30-19)20(15-8-4-3-5-9-15)26-22(29)16-13-24-28(14-16)18-11-6-10-17(23)12-18/h3-6,8-14,20H,2,7H2,1H3,(H,26,29)/t20-/m1/s1. The van der Waals surface area contributed by atoms with Crippen LogP contribution in [-0.4, -0.2) is 25.8 Å². The zero-order chi connectivity index (χ0) is 20.9. The van der Waals surface area contributed by atoms with E-state index in [4.69, 9.17) is 16.1 Å². The highest BCUT2D eigenvalue weighted by molar-refractivity contribution is 6.30. The van der Waals surface area contributed by atoms with Crippen LogP contribution in [0.2, 0.25) is 5.02 Å². The molecule has 30 heavy (non-hydrogen) atoms. The largest absolute Gasteiger partial charge is 0.339 e. The highest BCUT2D eigenvalue weighted by Gasteiger charge is 2.23. The Bertz CT molecular complexity index is 1140. The number of benzene rings is 2. The number of hydrogen-bond donors (Lipinski definition) is 1. The van der Waals surface area contributed by atoms with Gasteiger partial charge < -0.3 is 9.84 Å². The van der Waals surface area contributed by atoms with E-state index in [0.29, 0.717) is 28.7 Å². The molecule has 0 aliphatic carbocycles. The molecule has 0 unspecified atom stereocenters. The van der Waals surface area contributed by atoms with Crippen molar-refractivity contribution in [3.05, 3.63) is 94.9 Å². The van der Waals surface area contributed by atoms with Crippen LogP contribution in [0, 0.1) is 0 Å². The van der Waals surface area contributed by atoms with Gasteiger partial charge in [0.1, 0.15) is 6.04 Å². The Morgan fingerprint density at radius 2 is 2.03 bits per heavy atom. The van der Waals surface area contributed by atoms with E-state index >= 15 is 0 Å². The van der Waals surface area contributed by atoms with Gasteiger partial charge in [-0.05, 0) is 30.2 Å². The van der Waals surface area contributed by atoms with Crippen molar-refractivity contribution < 1.29 is 9.32 Å². The lowest BCUT2D eigenvalue weighted by molar-refractivity contribution is 0.0941. The predicted molar refractivity (Wildman–Crippen MR) is 113 cm³/mol. The molecule has 0 saturated carbocycles. The summed E-state index contributed by atoms with van der Waals surface area (Å²) >= 11 is 6.05. The maximum Gasteiger partial charge on any atom is 0.255 e. The second-order valence-electron chi connectivity index (χ2n) is 6.77. The van der Waals surface area contributed by atoms with Gasteiger partial charge in [0.15, 0.2) is 5.82 Å². The van der Waals surface area contributed by atoms with E-state index in [1.807, 2.05) is 49.4 Å². The molecule has 2 heterocycles. The topological polar surface area (TPSA) is 85.8 Å². The number of nitrogens with zero attached hydrogens (tertiary/aromatic N) is 4. The Kier molecular flexibility index (Phi) is 5.90. The van der Waals surface area contributed by atoms with E-state index in [-0.39, 0.29) is 5.91 Å². The normalized spacial score (nSPS) is 11.9. The minimum absolute atomic E-state index is 0.293. The SMILES string of the molecule is CCCc1nc([C@H](NC(=O)c2cnn(-c3cccc(Cl)c3)c2)c2ccccc2)no1. The number of amides is 1. The quantitative estimate of drug-likeness (QED) is 0.478. The average Bonchev–Trinajstić information content (AvgIpc) is 3.43. The molecule has 0 aliphatic heterocycles. The smallest absolute Gasteiger partial charge is 0.255 e. The van der Waals surface area contributed by atoms with Crippen molar-refractivity contribution in [3.8, 4) is 5.69 Å². The number of aromatic nitrogens is 4. The minimum Gasteiger partial charge on any atom is -0.339 e. The van der Waals surface area contributed by atoms with Crippen molar-refractivity contribution in [3.63, 3.8) is 0 Å². The third-order valence-electron chi connectivity index (χ3n) is 4.53. The van der Waals surface area contributed by atoms with Gasteiger partial charge in [-0.15, -0.1) is 0 Å². The molecule has 0 bridgehead atoms. The van der Waals surface area contributed by atoms with Gasteiger partial charge in [-0.3, -0.25) is 4.79 Å². The number of halogens is 1. The third-order valence-corrected chi connectivity index (χ3v) is 4.77. The fraction of sp³-hybridized carbons (Fsp3) is 0.182. The zero-order valence-corrected chi connectivity index (χ0v) is 17.1. The number of hydrogen-bond acceptors (Lipinski definition) is 5. The molecule has 7 nitrogen and oxygen atoms in total. The van der Waals surface area contributed by atoms with Gasteiger partial charge in [0.2, 0.25) is 5.89 Å². The maximum absolute atomic E-state index is 13.0. The van der Waals surface area contributed by atoms with Crippen LogP contribution in [0.3, 0.4) is 0 Å². The molecule has 0 aliphatic rings. The molecule has 0 fully saturated rings. The van der Waals surface area contributed by atoms with Crippen molar-refractivity contribution >= 4 is 17.5 Å². The first-order valence-corrected chi connectivity index (χ1v) is 10.0. The second kappa shape index (κ2) is 8.92. The van der Waals surface area contributed by atoms with E-state index in [0.717, 1.165) is 17.7 Å². The highest BCUT2D eigenvalue weighted by atomic mass is 35.5. The molecule has 152 valence electrons. The Balaban J connectivity index is 1.59. The fourth-order valence-corrected chi connectivity index (χ4v) is 3.24. The van der Waals surface area contributed by atoms with E-state index < -0.39 is 6.04 Å². The molecule has 1 atom stereocenters. The van der Waals surface area contributed by atoms with E-state index in [1.165, 1.54) is 6.20 Å². The van der Waals surface area contributed by atoms with Gasteiger partial charge in [-0.2, -0.15) is 10.1 Å². The first-order chi connectivity index (χ1) is 14.6. The first kappa shape index (κ1) is 19.8. The summed E-state index contributed by atoms with van der Waals surface area (Å²) in [7, 11) is 0. The van der Waals surface area contributed by atoms with Crippen molar-refractivity contribution in [1.82, 2.24) is 25.2 Å². The average molecular weight is 422 g/mol. The Hall–Kier alpha value is -3.45. The van der Waals surface area contributed by atoms with Crippen molar-refractivity contribution in [1.29, 1.82) is 0 Å². The number of nitrogens with one attached hydrogen (secondary N) is 1. The molecule has 1 N–H and O–H groups in total. The third kappa shape index (κ3) is 4.41. The molecule has 2 aromatic heterocycles. The van der Waals surface area contributed by atoms with Gasteiger partial charge in [0.05, 0.1) is 17.4 Å². The van der Waals surface area contributed by atoms with Crippen LogP contribution < -0.4 is 5.32 Å². The first-order valence-electron chi connectivity index (χ1n) is 9.63. The Labute approximate surface area is 178 Å². The van der Waals surface area contributed by atoms with Gasteiger partial charge >= 0.3 is 0 Å². The van der Waals surface area contributed by atoms with E-state index in [2.05, 4.69) is 20.6 Å². The van der Waals surface area contributed by atoms with Crippen LogP contribution in [-0.2, 0) is 6.42 Å². The van der Waals surface area contributed by atoms with Crippen LogP contribution >= 0.6 is 11.6 Å². The summed E-state index contributed by atoms with van der Waals surface area (Å²) in [4.78, 5) is 17.4. The fourth-order valence-electron chi connectivity index (χ4n) is 3.06. The molecular formula is C22H20ClN5O2. The van der Waals surface area contributed by atoms with Gasteiger partial charge in [0, 0.05) is 17.6 Å².